The molecule has 4 nitrogen and oxygen atoms in total. The van der Waals surface area contributed by atoms with Crippen molar-refractivity contribution < 1.29 is 5.11 Å². The molecule has 2 aromatic rings. The van der Waals surface area contributed by atoms with Gasteiger partial charge in [0.25, 0.3) is 0 Å². The van der Waals surface area contributed by atoms with Gasteiger partial charge in [0.2, 0.25) is 5.88 Å². The first-order chi connectivity index (χ1) is 6.68. The van der Waals surface area contributed by atoms with Gasteiger partial charge in [-0.25, -0.2) is 4.79 Å². The van der Waals surface area contributed by atoms with Crippen molar-refractivity contribution in [2.24, 2.45) is 0 Å². The Kier molecular flexibility index (Phi) is 1.89. The van der Waals surface area contributed by atoms with Crippen LogP contribution in [0.4, 0.5) is 0 Å². The topological polar surface area (TPSA) is 58.0 Å². The standard InChI is InChI=1S/C10H10N2O2/c1-7-4-2-3-5-8(7)12-6-9(13)11-10(12)14/h2-6,13H,1H3,(H,11,14). The van der Waals surface area contributed by atoms with E-state index >= 15 is 0 Å². The van der Waals surface area contributed by atoms with Crippen LogP contribution in [-0.4, -0.2) is 14.7 Å². The van der Waals surface area contributed by atoms with Crippen LogP contribution in [0.25, 0.3) is 5.69 Å². The van der Waals surface area contributed by atoms with Gasteiger partial charge in [-0.15, -0.1) is 0 Å². The van der Waals surface area contributed by atoms with Crippen molar-refractivity contribution in [3.63, 3.8) is 0 Å². The van der Waals surface area contributed by atoms with Crippen LogP contribution in [-0.2, 0) is 0 Å². The third-order valence-corrected chi connectivity index (χ3v) is 2.08. The molecule has 1 aromatic heterocycles. The number of hydrogen-bond donors (Lipinski definition) is 2. The van der Waals surface area contributed by atoms with E-state index in [0.717, 1.165) is 11.3 Å². The quantitative estimate of drug-likeness (QED) is 0.709. The second kappa shape index (κ2) is 3.06. The summed E-state index contributed by atoms with van der Waals surface area (Å²) in [5.74, 6) is -0.127. The minimum Gasteiger partial charge on any atom is -0.493 e. The number of rotatable bonds is 1. The van der Waals surface area contributed by atoms with E-state index in [2.05, 4.69) is 4.98 Å². The van der Waals surface area contributed by atoms with Crippen LogP contribution in [0.1, 0.15) is 5.56 Å². The fourth-order valence-electron chi connectivity index (χ4n) is 1.40. The van der Waals surface area contributed by atoms with E-state index in [0.29, 0.717) is 0 Å². The van der Waals surface area contributed by atoms with E-state index in [1.54, 1.807) is 0 Å². The molecule has 0 bridgehead atoms. The van der Waals surface area contributed by atoms with Gasteiger partial charge in [-0.1, -0.05) is 18.2 Å². The molecule has 2 rings (SSSR count). The molecule has 1 heterocycles. The van der Waals surface area contributed by atoms with Gasteiger partial charge < -0.3 is 5.11 Å². The van der Waals surface area contributed by atoms with Crippen molar-refractivity contribution in [3.05, 3.63) is 46.5 Å². The van der Waals surface area contributed by atoms with Gasteiger partial charge in [-0.05, 0) is 18.6 Å². The summed E-state index contributed by atoms with van der Waals surface area (Å²) < 4.78 is 1.38. The summed E-state index contributed by atoms with van der Waals surface area (Å²) in [6.07, 6.45) is 1.37. The Morgan fingerprint density at radius 2 is 2.07 bits per heavy atom. The first-order valence-corrected chi connectivity index (χ1v) is 4.25. The minimum absolute atomic E-state index is 0.127. The first kappa shape index (κ1) is 8.62. The SMILES string of the molecule is Cc1ccccc1-n1cc(O)[nH]c1=O. The predicted molar refractivity (Wildman–Crippen MR) is 52.8 cm³/mol. The normalized spacial score (nSPS) is 10.4. The lowest BCUT2D eigenvalue weighted by molar-refractivity contribution is 0.455. The molecule has 0 unspecified atom stereocenters. The van der Waals surface area contributed by atoms with Crippen molar-refractivity contribution in [2.45, 2.75) is 6.92 Å². The maximum Gasteiger partial charge on any atom is 0.333 e. The van der Waals surface area contributed by atoms with E-state index in [-0.39, 0.29) is 11.6 Å². The number of aromatic amines is 1. The number of benzene rings is 1. The summed E-state index contributed by atoms with van der Waals surface area (Å²) in [5.41, 5.74) is 1.42. The van der Waals surface area contributed by atoms with Gasteiger partial charge in [-0.3, -0.25) is 9.55 Å². The molecule has 2 N–H and O–H groups in total. The summed E-state index contributed by atoms with van der Waals surface area (Å²) in [7, 11) is 0. The highest BCUT2D eigenvalue weighted by Gasteiger charge is 2.05. The van der Waals surface area contributed by atoms with Gasteiger partial charge in [0, 0.05) is 0 Å². The van der Waals surface area contributed by atoms with Gasteiger partial charge in [0.1, 0.15) is 0 Å². The molecule has 0 saturated carbocycles. The predicted octanol–water partition coefficient (Wildman–Crippen LogP) is 1.18. The summed E-state index contributed by atoms with van der Waals surface area (Å²) >= 11 is 0. The Hall–Kier alpha value is -1.97. The lowest BCUT2D eigenvalue weighted by atomic mass is 10.2. The highest BCUT2D eigenvalue weighted by Crippen LogP contribution is 2.12. The summed E-state index contributed by atoms with van der Waals surface area (Å²) in [6, 6.07) is 7.48. The smallest absolute Gasteiger partial charge is 0.333 e. The van der Waals surface area contributed by atoms with Crippen LogP contribution < -0.4 is 5.69 Å². The zero-order chi connectivity index (χ0) is 10.1. The third kappa shape index (κ3) is 1.31. The summed E-state index contributed by atoms with van der Waals surface area (Å²) in [6.45, 7) is 1.91. The maximum absolute atomic E-state index is 11.3. The van der Waals surface area contributed by atoms with Crippen molar-refractivity contribution >= 4 is 0 Å². The molecule has 0 amide bonds. The first-order valence-electron chi connectivity index (χ1n) is 4.25. The monoisotopic (exact) mass is 190 g/mol. The Morgan fingerprint density at radius 1 is 1.36 bits per heavy atom. The number of para-hydroxylation sites is 1. The second-order valence-electron chi connectivity index (χ2n) is 3.10. The Bertz CT molecular complexity index is 511. The van der Waals surface area contributed by atoms with Gasteiger partial charge in [-0.2, -0.15) is 0 Å². The van der Waals surface area contributed by atoms with Crippen LogP contribution in [0.5, 0.6) is 5.88 Å². The summed E-state index contributed by atoms with van der Waals surface area (Å²) in [5, 5.41) is 9.11. The zero-order valence-electron chi connectivity index (χ0n) is 7.69. The number of aromatic nitrogens is 2. The molecule has 0 atom stereocenters. The second-order valence-corrected chi connectivity index (χ2v) is 3.10. The van der Waals surface area contributed by atoms with E-state index in [1.807, 2.05) is 31.2 Å². The lowest BCUT2D eigenvalue weighted by Gasteiger charge is -2.03. The van der Waals surface area contributed by atoms with Crippen LogP contribution in [0.15, 0.2) is 35.3 Å². The highest BCUT2D eigenvalue weighted by molar-refractivity contribution is 5.40. The van der Waals surface area contributed by atoms with Gasteiger partial charge in [0.05, 0.1) is 11.9 Å². The maximum atomic E-state index is 11.3. The van der Waals surface area contributed by atoms with Gasteiger partial charge >= 0.3 is 5.69 Å². The van der Waals surface area contributed by atoms with E-state index in [1.165, 1.54) is 10.8 Å². The molecule has 0 aliphatic carbocycles. The average Bonchev–Trinajstić information content (AvgIpc) is 2.46. The van der Waals surface area contributed by atoms with Gasteiger partial charge in [0.15, 0.2) is 0 Å². The fraction of sp³-hybridized carbons (Fsp3) is 0.100. The third-order valence-electron chi connectivity index (χ3n) is 2.08. The van der Waals surface area contributed by atoms with E-state index in [4.69, 9.17) is 5.11 Å². The number of nitrogens with zero attached hydrogens (tertiary/aromatic N) is 1. The Labute approximate surface area is 80.4 Å². The molecule has 1 aromatic carbocycles. The Balaban J connectivity index is 2.66. The van der Waals surface area contributed by atoms with Crippen LogP contribution in [0.2, 0.25) is 0 Å². The molecule has 0 radical (unpaired) electrons. The van der Waals surface area contributed by atoms with Crippen LogP contribution >= 0.6 is 0 Å². The van der Waals surface area contributed by atoms with E-state index < -0.39 is 0 Å². The number of aromatic hydroxyl groups is 1. The molecule has 4 heteroatoms. The minimum atomic E-state index is -0.336. The molecule has 72 valence electrons. The Morgan fingerprint density at radius 3 is 2.64 bits per heavy atom. The number of nitrogens with one attached hydrogen (secondary N) is 1. The fourth-order valence-corrected chi connectivity index (χ4v) is 1.40. The number of aryl methyl sites for hydroxylation is 1. The van der Waals surface area contributed by atoms with Crippen LogP contribution in [0, 0.1) is 6.92 Å². The molecular formula is C10H10N2O2. The molecule has 0 spiro atoms. The van der Waals surface area contributed by atoms with E-state index in [9.17, 15) is 4.79 Å². The largest absolute Gasteiger partial charge is 0.493 e. The number of H-pyrrole nitrogens is 1. The molecule has 0 aliphatic heterocycles. The van der Waals surface area contributed by atoms with Crippen molar-refractivity contribution in [3.8, 4) is 11.6 Å². The number of imidazole rings is 1. The van der Waals surface area contributed by atoms with Crippen molar-refractivity contribution in [1.29, 1.82) is 0 Å². The summed E-state index contributed by atoms with van der Waals surface area (Å²) in [4.78, 5) is 13.6. The lowest BCUT2D eigenvalue weighted by Crippen LogP contribution is -2.14. The average molecular weight is 190 g/mol. The zero-order valence-corrected chi connectivity index (χ0v) is 7.69. The highest BCUT2D eigenvalue weighted by atomic mass is 16.3. The molecule has 0 fully saturated rings. The molecule has 0 aliphatic rings. The van der Waals surface area contributed by atoms with Crippen LogP contribution in [0.3, 0.4) is 0 Å². The number of hydrogen-bond acceptors (Lipinski definition) is 2. The van der Waals surface area contributed by atoms with Crippen molar-refractivity contribution in [1.82, 2.24) is 9.55 Å². The van der Waals surface area contributed by atoms with Crippen molar-refractivity contribution in [2.75, 3.05) is 0 Å². The molecule has 0 saturated heterocycles. The molecule has 14 heavy (non-hydrogen) atoms. The molecular weight excluding hydrogens is 180 g/mol.